The van der Waals surface area contributed by atoms with E-state index in [1.165, 1.54) is 0 Å². The maximum Gasteiger partial charge on any atom is 0.274 e. The molecule has 0 bridgehead atoms. The summed E-state index contributed by atoms with van der Waals surface area (Å²) in [5.74, 6) is 0.241. The molecule has 0 aliphatic carbocycles. The molecule has 2 heterocycles. The van der Waals surface area contributed by atoms with Crippen LogP contribution in [0.1, 0.15) is 30.2 Å². The Balaban J connectivity index is 1.65. The van der Waals surface area contributed by atoms with E-state index < -0.39 is 0 Å². The van der Waals surface area contributed by atoms with Crippen LogP contribution in [0.4, 0.5) is 5.82 Å². The van der Waals surface area contributed by atoms with E-state index in [9.17, 15) is 4.79 Å². The lowest BCUT2D eigenvalue weighted by Gasteiger charge is -2.08. The van der Waals surface area contributed by atoms with Crippen LogP contribution in [0, 0.1) is 18.3 Å². The number of hydrogen-bond donors (Lipinski definition) is 1. The Morgan fingerprint density at radius 3 is 3.00 bits per heavy atom. The molecular formula is C17H17N5O2. The van der Waals surface area contributed by atoms with Crippen LogP contribution >= 0.6 is 0 Å². The SMILES string of the molecule is Cc1cc(NC(=O)C2=NO[C@@H](c3ccccc3)C2)n(CCC#N)n1. The van der Waals surface area contributed by atoms with Crippen molar-refractivity contribution in [1.29, 1.82) is 5.26 Å². The molecule has 3 rings (SSSR count). The highest BCUT2D eigenvalue weighted by molar-refractivity contribution is 6.43. The van der Waals surface area contributed by atoms with E-state index in [1.54, 1.807) is 10.7 Å². The van der Waals surface area contributed by atoms with Gasteiger partial charge >= 0.3 is 0 Å². The minimum absolute atomic E-state index is 0.239. The lowest BCUT2D eigenvalue weighted by atomic mass is 10.0. The molecule has 2 aromatic rings. The Labute approximate surface area is 139 Å². The van der Waals surface area contributed by atoms with Gasteiger partial charge in [-0.05, 0) is 12.5 Å². The summed E-state index contributed by atoms with van der Waals surface area (Å²) in [5.41, 5.74) is 2.10. The highest BCUT2D eigenvalue weighted by atomic mass is 16.6. The van der Waals surface area contributed by atoms with Crippen molar-refractivity contribution >= 4 is 17.4 Å². The number of rotatable bonds is 5. The summed E-state index contributed by atoms with van der Waals surface area (Å²) in [7, 11) is 0. The number of nitriles is 1. The summed E-state index contributed by atoms with van der Waals surface area (Å²) in [5, 5.41) is 19.7. The third-order valence-electron chi connectivity index (χ3n) is 3.68. The summed E-state index contributed by atoms with van der Waals surface area (Å²) >= 11 is 0. The zero-order valence-corrected chi connectivity index (χ0v) is 13.3. The Kier molecular flexibility index (Phi) is 4.57. The first-order valence-electron chi connectivity index (χ1n) is 7.68. The first kappa shape index (κ1) is 15.7. The molecule has 0 saturated carbocycles. The van der Waals surface area contributed by atoms with Crippen LogP contribution in [0.15, 0.2) is 41.6 Å². The van der Waals surface area contributed by atoms with Gasteiger partial charge in [0.1, 0.15) is 11.5 Å². The molecule has 24 heavy (non-hydrogen) atoms. The molecule has 1 amide bonds. The zero-order valence-electron chi connectivity index (χ0n) is 13.3. The van der Waals surface area contributed by atoms with Crippen molar-refractivity contribution in [2.45, 2.75) is 32.4 Å². The van der Waals surface area contributed by atoms with E-state index in [4.69, 9.17) is 10.1 Å². The predicted molar refractivity (Wildman–Crippen MR) is 88.1 cm³/mol. The van der Waals surface area contributed by atoms with Crippen LogP contribution in [0.2, 0.25) is 0 Å². The highest BCUT2D eigenvalue weighted by Crippen LogP contribution is 2.27. The lowest BCUT2D eigenvalue weighted by molar-refractivity contribution is -0.110. The van der Waals surface area contributed by atoms with Crippen molar-refractivity contribution in [3.05, 3.63) is 47.7 Å². The third kappa shape index (κ3) is 3.43. The van der Waals surface area contributed by atoms with Crippen LogP contribution in [-0.2, 0) is 16.2 Å². The molecule has 1 aromatic heterocycles. The van der Waals surface area contributed by atoms with Gasteiger partial charge in [0, 0.05) is 12.5 Å². The first-order chi connectivity index (χ1) is 11.7. The maximum atomic E-state index is 12.4. The Morgan fingerprint density at radius 1 is 1.46 bits per heavy atom. The number of nitrogens with zero attached hydrogens (tertiary/aromatic N) is 4. The van der Waals surface area contributed by atoms with Crippen molar-refractivity contribution in [1.82, 2.24) is 9.78 Å². The molecule has 1 aromatic carbocycles. The third-order valence-corrected chi connectivity index (χ3v) is 3.68. The van der Waals surface area contributed by atoms with Gasteiger partial charge in [0.25, 0.3) is 5.91 Å². The molecule has 7 heteroatoms. The van der Waals surface area contributed by atoms with Crippen LogP contribution < -0.4 is 5.32 Å². The number of anilines is 1. The second kappa shape index (κ2) is 6.96. The number of oxime groups is 1. The lowest BCUT2D eigenvalue weighted by Crippen LogP contribution is -2.23. The molecule has 0 saturated heterocycles. The fraction of sp³-hybridized carbons (Fsp3) is 0.294. The second-order valence-corrected chi connectivity index (χ2v) is 5.50. The quantitative estimate of drug-likeness (QED) is 0.915. The van der Waals surface area contributed by atoms with Gasteiger partial charge in [-0.1, -0.05) is 35.5 Å². The van der Waals surface area contributed by atoms with Gasteiger partial charge in [-0.15, -0.1) is 0 Å². The number of amides is 1. The molecule has 1 N–H and O–H groups in total. The molecule has 1 atom stereocenters. The van der Waals surface area contributed by atoms with E-state index >= 15 is 0 Å². The summed E-state index contributed by atoms with van der Waals surface area (Å²) in [6.07, 6.45) is 0.503. The molecule has 0 unspecified atom stereocenters. The summed E-state index contributed by atoms with van der Waals surface area (Å²) in [4.78, 5) is 17.8. The molecule has 0 spiro atoms. The minimum atomic E-state index is -0.313. The molecule has 0 radical (unpaired) electrons. The van der Waals surface area contributed by atoms with Crippen molar-refractivity contribution in [3.8, 4) is 6.07 Å². The Morgan fingerprint density at radius 2 is 2.25 bits per heavy atom. The molecule has 0 fully saturated rings. The first-order valence-corrected chi connectivity index (χ1v) is 7.68. The van der Waals surface area contributed by atoms with Crippen molar-refractivity contribution in [3.63, 3.8) is 0 Å². The number of hydrogen-bond acceptors (Lipinski definition) is 5. The molecule has 122 valence electrons. The second-order valence-electron chi connectivity index (χ2n) is 5.50. The molecule has 1 aliphatic rings. The van der Waals surface area contributed by atoms with E-state index in [-0.39, 0.29) is 12.0 Å². The number of nitrogens with one attached hydrogen (secondary N) is 1. The van der Waals surface area contributed by atoms with Gasteiger partial charge in [-0.2, -0.15) is 10.4 Å². The highest BCUT2D eigenvalue weighted by Gasteiger charge is 2.27. The van der Waals surface area contributed by atoms with Gasteiger partial charge < -0.3 is 10.2 Å². The normalized spacial score (nSPS) is 16.2. The van der Waals surface area contributed by atoms with Gasteiger partial charge in [-0.3, -0.25) is 4.79 Å². The largest absolute Gasteiger partial charge is 0.387 e. The van der Waals surface area contributed by atoms with Gasteiger partial charge in [0.05, 0.1) is 24.7 Å². The minimum Gasteiger partial charge on any atom is -0.387 e. The summed E-state index contributed by atoms with van der Waals surface area (Å²) < 4.78 is 1.61. The van der Waals surface area contributed by atoms with E-state index in [0.29, 0.717) is 30.9 Å². The summed E-state index contributed by atoms with van der Waals surface area (Å²) in [6.45, 7) is 2.26. The number of aromatic nitrogens is 2. The standard InChI is InChI=1S/C17H17N5O2/c1-12-10-16(22(20-12)9-5-8-18)19-17(23)14-11-15(24-21-14)13-6-3-2-4-7-13/h2-4,6-7,10,15H,5,9,11H2,1H3,(H,19,23)/t15-/m1/s1. The number of carbonyl (C=O) groups is 1. The monoisotopic (exact) mass is 323 g/mol. The van der Waals surface area contributed by atoms with Gasteiger partial charge in [0.2, 0.25) is 0 Å². The molecule has 7 nitrogen and oxygen atoms in total. The van der Waals surface area contributed by atoms with Crippen LogP contribution in [0.3, 0.4) is 0 Å². The molecular weight excluding hydrogens is 306 g/mol. The smallest absolute Gasteiger partial charge is 0.274 e. The predicted octanol–water partition coefficient (Wildman–Crippen LogP) is 2.56. The van der Waals surface area contributed by atoms with Crippen molar-refractivity contribution in [2.24, 2.45) is 5.16 Å². The van der Waals surface area contributed by atoms with Crippen LogP contribution in [0.5, 0.6) is 0 Å². The maximum absolute atomic E-state index is 12.4. The number of aryl methyl sites for hydroxylation is 2. The van der Waals surface area contributed by atoms with E-state index in [2.05, 4.69) is 21.6 Å². The fourth-order valence-corrected chi connectivity index (χ4v) is 2.52. The summed E-state index contributed by atoms with van der Waals surface area (Å²) in [6, 6.07) is 13.5. The number of carbonyl (C=O) groups excluding carboxylic acids is 1. The van der Waals surface area contributed by atoms with Gasteiger partial charge in [0.15, 0.2) is 6.10 Å². The van der Waals surface area contributed by atoms with E-state index in [0.717, 1.165) is 11.3 Å². The fourth-order valence-electron chi connectivity index (χ4n) is 2.52. The van der Waals surface area contributed by atoms with Crippen LogP contribution in [0.25, 0.3) is 0 Å². The topological polar surface area (TPSA) is 92.3 Å². The van der Waals surface area contributed by atoms with E-state index in [1.807, 2.05) is 37.3 Å². The van der Waals surface area contributed by atoms with Crippen LogP contribution in [-0.4, -0.2) is 21.4 Å². The average Bonchev–Trinajstić information content (AvgIpc) is 3.21. The Hall–Kier alpha value is -3.14. The van der Waals surface area contributed by atoms with Crippen molar-refractivity contribution in [2.75, 3.05) is 5.32 Å². The molecule has 1 aliphatic heterocycles. The number of benzene rings is 1. The van der Waals surface area contributed by atoms with Gasteiger partial charge in [-0.25, -0.2) is 4.68 Å². The Bertz CT molecular complexity index is 804. The van der Waals surface area contributed by atoms with Crippen molar-refractivity contribution < 1.29 is 9.63 Å². The average molecular weight is 323 g/mol. The zero-order chi connectivity index (χ0) is 16.9.